The number of nitrogens with zero attached hydrogens (tertiary/aromatic N) is 2. The molecule has 0 amide bonds. The number of aromatic nitrogens is 1. The van der Waals surface area contributed by atoms with Crippen molar-refractivity contribution in [2.45, 2.75) is 6.92 Å². The van der Waals surface area contributed by atoms with Gasteiger partial charge >= 0.3 is 0 Å². The zero-order chi connectivity index (χ0) is 12.3. The quantitative estimate of drug-likeness (QED) is 0.792. The van der Waals surface area contributed by atoms with Crippen LogP contribution in [0.2, 0.25) is 0 Å². The molecule has 0 saturated carbocycles. The molecule has 2 aromatic rings. The van der Waals surface area contributed by atoms with E-state index in [-0.39, 0.29) is 11.7 Å². The molecule has 0 radical (unpaired) electrons. The maximum atomic E-state index is 13.3. The number of ether oxygens (including phenoxy) is 1. The molecule has 0 unspecified atom stereocenters. The van der Waals surface area contributed by atoms with E-state index in [0.717, 1.165) is 0 Å². The van der Waals surface area contributed by atoms with Crippen molar-refractivity contribution in [2.24, 2.45) is 0 Å². The molecule has 17 heavy (non-hydrogen) atoms. The fourth-order valence-corrected chi connectivity index (χ4v) is 1.31. The Hall–Kier alpha value is -2.41. The summed E-state index contributed by atoms with van der Waals surface area (Å²) in [5.74, 6) is 0.151. The zero-order valence-electron chi connectivity index (χ0n) is 9.14. The second-order valence-corrected chi connectivity index (χ2v) is 3.48. The Kier molecular flexibility index (Phi) is 3.01. The third-order valence-corrected chi connectivity index (χ3v) is 2.25. The summed E-state index contributed by atoms with van der Waals surface area (Å²) in [6.45, 7) is 1.67. The van der Waals surface area contributed by atoms with E-state index in [1.807, 2.05) is 6.07 Å². The molecule has 84 valence electrons. The van der Waals surface area contributed by atoms with Gasteiger partial charge < -0.3 is 4.74 Å². The van der Waals surface area contributed by atoms with Crippen LogP contribution >= 0.6 is 0 Å². The van der Waals surface area contributed by atoms with E-state index in [2.05, 4.69) is 4.98 Å². The van der Waals surface area contributed by atoms with Crippen LogP contribution in [-0.4, -0.2) is 4.98 Å². The van der Waals surface area contributed by atoms with Gasteiger partial charge in [-0.3, -0.25) is 0 Å². The molecule has 1 aromatic heterocycles. The van der Waals surface area contributed by atoms with Crippen LogP contribution in [0.5, 0.6) is 11.6 Å². The van der Waals surface area contributed by atoms with E-state index >= 15 is 0 Å². The van der Waals surface area contributed by atoms with Crippen molar-refractivity contribution in [3.8, 4) is 17.7 Å². The van der Waals surface area contributed by atoms with Gasteiger partial charge in [0.25, 0.3) is 0 Å². The Morgan fingerprint density at radius 3 is 2.88 bits per heavy atom. The van der Waals surface area contributed by atoms with Crippen molar-refractivity contribution in [1.29, 1.82) is 5.26 Å². The smallest absolute Gasteiger partial charge is 0.237 e. The number of hydrogen-bond donors (Lipinski definition) is 0. The van der Waals surface area contributed by atoms with Crippen LogP contribution in [0.25, 0.3) is 0 Å². The van der Waals surface area contributed by atoms with Gasteiger partial charge in [0, 0.05) is 12.3 Å². The molecule has 0 N–H and O–H groups in total. The Morgan fingerprint density at radius 1 is 1.35 bits per heavy atom. The molecule has 2 rings (SSSR count). The highest BCUT2D eigenvalue weighted by molar-refractivity contribution is 5.40. The predicted octanol–water partition coefficient (Wildman–Crippen LogP) is 3.19. The molecule has 0 aliphatic heterocycles. The summed E-state index contributed by atoms with van der Waals surface area (Å²) in [7, 11) is 0. The molecular formula is C13H9FN2O. The summed E-state index contributed by atoms with van der Waals surface area (Å²) in [5, 5.41) is 8.85. The fourth-order valence-electron chi connectivity index (χ4n) is 1.31. The Labute approximate surface area is 98.1 Å². The van der Waals surface area contributed by atoms with Gasteiger partial charge in [-0.15, -0.1) is 0 Å². The van der Waals surface area contributed by atoms with Crippen LogP contribution in [0.1, 0.15) is 11.1 Å². The molecule has 1 aromatic carbocycles. The van der Waals surface area contributed by atoms with Crippen LogP contribution < -0.4 is 4.74 Å². The standard InChI is InChI=1S/C13H9FN2O/c1-9-4-5-11(7-12(9)14)17-13-10(8-15)3-2-6-16-13/h2-7H,1H3. The van der Waals surface area contributed by atoms with Crippen molar-refractivity contribution in [1.82, 2.24) is 4.98 Å². The minimum atomic E-state index is -0.350. The first-order chi connectivity index (χ1) is 8.20. The topological polar surface area (TPSA) is 45.9 Å². The summed E-state index contributed by atoms with van der Waals surface area (Å²) >= 11 is 0. The van der Waals surface area contributed by atoms with E-state index in [9.17, 15) is 4.39 Å². The van der Waals surface area contributed by atoms with Gasteiger partial charge in [0.05, 0.1) is 0 Å². The first kappa shape index (κ1) is 11.1. The summed E-state index contributed by atoms with van der Waals surface area (Å²) in [6.07, 6.45) is 1.51. The fraction of sp³-hybridized carbons (Fsp3) is 0.0769. The molecule has 4 heteroatoms. The third kappa shape index (κ3) is 2.40. The van der Waals surface area contributed by atoms with Gasteiger partial charge in [0.1, 0.15) is 23.2 Å². The number of rotatable bonds is 2. The molecule has 0 fully saturated rings. The molecule has 0 aliphatic rings. The zero-order valence-corrected chi connectivity index (χ0v) is 9.14. The Balaban J connectivity index is 2.32. The van der Waals surface area contributed by atoms with E-state index in [4.69, 9.17) is 10.00 Å². The molecule has 0 spiro atoms. The number of halogens is 1. The normalized spacial score (nSPS) is 9.71. The van der Waals surface area contributed by atoms with Gasteiger partial charge in [-0.2, -0.15) is 5.26 Å². The Morgan fingerprint density at radius 2 is 2.18 bits per heavy atom. The summed E-state index contributed by atoms with van der Waals surface area (Å²) in [5.41, 5.74) is 0.854. The number of nitriles is 1. The molecule has 1 heterocycles. The van der Waals surface area contributed by atoms with Crippen LogP contribution in [0.15, 0.2) is 36.5 Å². The molecule has 3 nitrogen and oxygen atoms in total. The van der Waals surface area contributed by atoms with Crippen LogP contribution in [-0.2, 0) is 0 Å². The minimum Gasteiger partial charge on any atom is -0.438 e. The molecule has 0 atom stereocenters. The second-order valence-electron chi connectivity index (χ2n) is 3.48. The highest BCUT2D eigenvalue weighted by atomic mass is 19.1. The predicted molar refractivity (Wildman–Crippen MR) is 60.2 cm³/mol. The maximum absolute atomic E-state index is 13.3. The first-order valence-electron chi connectivity index (χ1n) is 5.00. The van der Waals surface area contributed by atoms with Gasteiger partial charge in [-0.25, -0.2) is 9.37 Å². The van der Waals surface area contributed by atoms with Crippen molar-refractivity contribution in [2.75, 3.05) is 0 Å². The Bertz CT molecular complexity index is 590. The summed E-state index contributed by atoms with van der Waals surface area (Å²) in [6, 6.07) is 9.70. The largest absolute Gasteiger partial charge is 0.438 e. The average Bonchev–Trinajstić information content (AvgIpc) is 2.34. The monoisotopic (exact) mass is 228 g/mol. The second kappa shape index (κ2) is 4.62. The van der Waals surface area contributed by atoms with E-state index in [0.29, 0.717) is 16.9 Å². The van der Waals surface area contributed by atoms with E-state index in [1.165, 1.54) is 12.3 Å². The molecule has 0 saturated heterocycles. The van der Waals surface area contributed by atoms with Crippen molar-refractivity contribution in [3.05, 3.63) is 53.5 Å². The van der Waals surface area contributed by atoms with Crippen LogP contribution in [0.3, 0.4) is 0 Å². The van der Waals surface area contributed by atoms with Crippen molar-refractivity contribution < 1.29 is 9.13 Å². The van der Waals surface area contributed by atoms with Gasteiger partial charge in [0.15, 0.2) is 0 Å². The summed E-state index contributed by atoms with van der Waals surface area (Å²) in [4.78, 5) is 3.93. The van der Waals surface area contributed by atoms with Gasteiger partial charge in [-0.1, -0.05) is 6.07 Å². The lowest BCUT2D eigenvalue weighted by Gasteiger charge is -2.06. The maximum Gasteiger partial charge on any atom is 0.237 e. The van der Waals surface area contributed by atoms with Crippen molar-refractivity contribution >= 4 is 0 Å². The number of benzene rings is 1. The lowest BCUT2D eigenvalue weighted by atomic mass is 10.2. The van der Waals surface area contributed by atoms with Crippen LogP contribution in [0.4, 0.5) is 4.39 Å². The highest BCUT2D eigenvalue weighted by Crippen LogP contribution is 2.23. The van der Waals surface area contributed by atoms with E-state index < -0.39 is 0 Å². The lowest BCUT2D eigenvalue weighted by molar-refractivity contribution is 0.456. The summed E-state index contributed by atoms with van der Waals surface area (Å²) < 4.78 is 18.7. The van der Waals surface area contributed by atoms with Crippen LogP contribution in [0, 0.1) is 24.1 Å². The number of pyridine rings is 1. The van der Waals surface area contributed by atoms with Gasteiger partial charge in [-0.05, 0) is 30.7 Å². The number of aryl methyl sites for hydroxylation is 1. The van der Waals surface area contributed by atoms with E-state index in [1.54, 1.807) is 31.2 Å². The van der Waals surface area contributed by atoms with Gasteiger partial charge in [0.2, 0.25) is 5.88 Å². The lowest BCUT2D eigenvalue weighted by Crippen LogP contribution is -1.92. The first-order valence-corrected chi connectivity index (χ1v) is 5.00. The molecule has 0 bridgehead atoms. The third-order valence-electron chi connectivity index (χ3n) is 2.25. The SMILES string of the molecule is Cc1ccc(Oc2ncccc2C#N)cc1F. The highest BCUT2D eigenvalue weighted by Gasteiger charge is 2.06. The minimum absolute atomic E-state index is 0.179. The van der Waals surface area contributed by atoms with Crippen molar-refractivity contribution in [3.63, 3.8) is 0 Å². The number of hydrogen-bond acceptors (Lipinski definition) is 3. The molecule has 0 aliphatic carbocycles. The molecular weight excluding hydrogens is 219 g/mol. The average molecular weight is 228 g/mol.